The van der Waals surface area contributed by atoms with Crippen LogP contribution in [0.2, 0.25) is 0 Å². The molecule has 0 saturated heterocycles. The summed E-state index contributed by atoms with van der Waals surface area (Å²) in [6.07, 6.45) is 3.33. The van der Waals surface area contributed by atoms with Crippen LogP contribution in [-0.4, -0.2) is 25.5 Å². The minimum Gasteiger partial charge on any atom is -0.339 e. The molecule has 0 aliphatic heterocycles. The van der Waals surface area contributed by atoms with Crippen molar-refractivity contribution in [1.82, 2.24) is 19.9 Å². The van der Waals surface area contributed by atoms with E-state index in [-0.39, 0.29) is 5.54 Å². The summed E-state index contributed by atoms with van der Waals surface area (Å²) < 4.78 is 6.86. The first kappa shape index (κ1) is 11.8. The van der Waals surface area contributed by atoms with Gasteiger partial charge in [-0.3, -0.25) is 4.68 Å². The van der Waals surface area contributed by atoms with Crippen LogP contribution in [0.5, 0.6) is 0 Å². The molecule has 0 aromatic carbocycles. The summed E-state index contributed by atoms with van der Waals surface area (Å²) >= 11 is 0. The Bertz CT molecular complexity index is 494. The van der Waals surface area contributed by atoms with Crippen molar-refractivity contribution in [2.75, 3.05) is 0 Å². The predicted molar refractivity (Wildman–Crippen MR) is 63.1 cm³/mol. The molecule has 0 saturated carbocycles. The van der Waals surface area contributed by atoms with Gasteiger partial charge in [-0.15, -0.1) is 0 Å². The van der Waals surface area contributed by atoms with Crippen molar-refractivity contribution >= 4 is 0 Å². The highest BCUT2D eigenvalue weighted by Gasteiger charge is 2.15. The van der Waals surface area contributed by atoms with Crippen LogP contribution in [0.4, 0.5) is 0 Å². The van der Waals surface area contributed by atoms with Gasteiger partial charge in [-0.05, 0) is 26.3 Å². The van der Waals surface area contributed by atoms with E-state index in [1.165, 1.54) is 0 Å². The highest BCUT2D eigenvalue weighted by Crippen LogP contribution is 2.15. The van der Waals surface area contributed by atoms with Crippen molar-refractivity contribution in [3.8, 4) is 11.5 Å². The predicted octanol–water partition coefficient (Wildman–Crippen LogP) is 1.14. The van der Waals surface area contributed by atoms with E-state index >= 15 is 0 Å². The van der Waals surface area contributed by atoms with E-state index in [2.05, 4.69) is 15.2 Å². The second-order valence-electron chi connectivity index (χ2n) is 4.87. The maximum Gasteiger partial charge on any atom is 0.227 e. The van der Waals surface area contributed by atoms with Crippen molar-refractivity contribution in [3.05, 3.63) is 18.2 Å². The fourth-order valence-electron chi connectivity index (χ4n) is 1.42. The highest BCUT2D eigenvalue weighted by atomic mass is 16.5. The first-order chi connectivity index (χ1) is 7.94. The molecular weight excluding hydrogens is 218 g/mol. The third-order valence-electron chi connectivity index (χ3n) is 2.39. The summed E-state index contributed by atoms with van der Waals surface area (Å²) in [6.45, 7) is 3.95. The van der Waals surface area contributed by atoms with Crippen LogP contribution >= 0.6 is 0 Å². The van der Waals surface area contributed by atoms with Gasteiger partial charge < -0.3 is 10.3 Å². The lowest BCUT2D eigenvalue weighted by Crippen LogP contribution is -2.32. The molecule has 0 bridgehead atoms. The molecular formula is C11H17N5O. The first-order valence-corrected chi connectivity index (χ1v) is 5.55. The van der Waals surface area contributed by atoms with Gasteiger partial charge >= 0.3 is 0 Å². The Morgan fingerprint density at radius 3 is 2.82 bits per heavy atom. The first-order valence-electron chi connectivity index (χ1n) is 5.55. The van der Waals surface area contributed by atoms with Crippen LogP contribution in [0.3, 0.4) is 0 Å². The topological polar surface area (TPSA) is 82.8 Å². The summed E-state index contributed by atoms with van der Waals surface area (Å²) in [7, 11) is 1.85. The Labute approximate surface area is 99.8 Å². The molecule has 92 valence electrons. The molecule has 6 heteroatoms. The number of nitrogens with zero attached hydrogens (tertiary/aromatic N) is 4. The van der Waals surface area contributed by atoms with Crippen LogP contribution in [0.25, 0.3) is 11.5 Å². The third-order valence-corrected chi connectivity index (χ3v) is 2.39. The molecule has 2 N–H and O–H groups in total. The second-order valence-corrected chi connectivity index (χ2v) is 4.87. The Morgan fingerprint density at radius 1 is 1.47 bits per heavy atom. The zero-order valence-electron chi connectivity index (χ0n) is 10.3. The lowest BCUT2D eigenvalue weighted by atomic mass is 10.0. The van der Waals surface area contributed by atoms with Crippen LogP contribution in [0.15, 0.2) is 16.8 Å². The monoisotopic (exact) mass is 235 g/mol. The van der Waals surface area contributed by atoms with E-state index in [1.807, 2.05) is 33.2 Å². The Hall–Kier alpha value is -1.69. The SMILES string of the molecule is Cn1ccc(-c2noc(CCC(C)(C)N)n2)n1. The quantitative estimate of drug-likeness (QED) is 0.859. The zero-order chi connectivity index (χ0) is 12.5. The number of aryl methyl sites for hydroxylation is 2. The van der Waals surface area contributed by atoms with Crippen molar-refractivity contribution < 1.29 is 4.52 Å². The molecule has 0 aliphatic carbocycles. The van der Waals surface area contributed by atoms with Gasteiger partial charge in [-0.25, -0.2) is 0 Å². The van der Waals surface area contributed by atoms with Crippen molar-refractivity contribution in [3.63, 3.8) is 0 Å². The van der Waals surface area contributed by atoms with Gasteiger partial charge in [-0.1, -0.05) is 5.16 Å². The fourth-order valence-corrected chi connectivity index (χ4v) is 1.42. The van der Waals surface area contributed by atoms with Crippen LogP contribution in [-0.2, 0) is 13.5 Å². The van der Waals surface area contributed by atoms with Gasteiger partial charge in [0.2, 0.25) is 11.7 Å². The van der Waals surface area contributed by atoms with Crippen LogP contribution in [0.1, 0.15) is 26.2 Å². The molecule has 0 atom stereocenters. The third kappa shape index (κ3) is 3.13. The largest absolute Gasteiger partial charge is 0.339 e. The average Bonchev–Trinajstić information content (AvgIpc) is 2.81. The maximum atomic E-state index is 5.90. The molecule has 0 radical (unpaired) electrons. The zero-order valence-corrected chi connectivity index (χ0v) is 10.3. The summed E-state index contributed by atoms with van der Waals surface area (Å²) in [4.78, 5) is 4.29. The molecule has 2 heterocycles. The van der Waals surface area contributed by atoms with Gasteiger partial charge in [-0.2, -0.15) is 10.1 Å². The molecule has 6 nitrogen and oxygen atoms in total. The summed E-state index contributed by atoms with van der Waals surface area (Å²) in [5.41, 5.74) is 6.39. The van der Waals surface area contributed by atoms with Crippen molar-refractivity contribution in [2.24, 2.45) is 12.8 Å². The van der Waals surface area contributed by atoms with E-state index in [4.69, 9.17) is 10.3 Å². The van der Waals surface area contributed by atoms with Gasteiger partial charge in [0.25, 0.3) is 0 Å². The lowest BCUT2D eigenvalue weighted by Gasteiger charge is -2.16. The molecule has 0 amide bonds. The number of hydrogen-bond donors (Lipinski definition) is 1. The summed E-state index contributed by atoms with van der Waals surface area (Å²) in [5.74, 6) is 1.12. The normalized spacial score (nSPS) is 12.0. The molecule has 17 heavy (non-hydrogen) atoms. The number of aromatic nitrogens is 4. The maximum absolute atomic E-state index is 5.90. The van der Waals surface area contributed by atoms with E-state index in [0.29, 0.717) is 18.1 Å². The Kier molecular flexibility index (Phi) is 2.97. The number of rotatable bonds is 4. The minimum absolute atomic E-state index is 0.223. The molecule has 0 fully saturated rings. The van der Waals surface area contributed by atoms with Crippen LogP contribution < -0.4 is 5.73 Å². The smallest absolute Gasteiger partial charge is 0.227 e. The van der Waals surface area contributed by atoms with Gasteiger partial charge in [0.15, 0.2) is 0 Å². The van der Waals surface area contributed by atoms with Crippen molar-refractivity contribution in [2.45, 2.75) is 32.2 Å². The standard InChI is InChI=1S/C11H17N5O/c1-11(2,12)6-4-9-13-10(15-17-9)8-5-7-16(3)14-8/h5,7H,4,6,12H2,1-3H3. The lowest BCUT2D eigenvalue weighted by molar-refractivity contribution is 0.358. The summed E-state index contributed by atoms with van der Waals surface area (Å²) in [6, 6.07) is 1.85. The van der Waals surface area contributed by atoms with E-state index in [0.717, 1.165) is 12.1 Å². The van der Waals surface area contributed by atoms with Gasteiger partial charge in [0.1, 0.15) is 5.69 Å². The molecule has 0 unspecified atom stereocenters. The number of hydrogen-bond acceptors (Lipinski definition) is 5. The molecule has 0 aliphatic rings. The highest BCUT2D eigenvalue weighted by molar-refractivity contribution is 5.46. The van der Waals surface area contributed by atoms with Gasteiger partial charge in [0.05, 0.1) is 0 Å². The van der Waals surface area contributed by atoms with Gasteiger partial charge in [0, 0.05) is 25.2 Å². The summed E-state index contributed by atoms with van der Waals surface area (Å²) in [5, 5.41) is 8.11. The fraction of sp³-hybridized carbons (Fsp3) is 0.545. The van der Waals surface area contributed by atoms with E-state index < -0.39 is 0 Å². The Balaban J connectivity index is 2.06. The second kappa shape index (κ2) is 4.29. The molecule has 2 aromatic heterocycles. The van der Waals surface area contributed by atoms with E-state index in [9.17, 15) is 0 Å². The molecule has 2 rings (SSSR count). The van der Waals surface area contributed by atoms with Crippen molar-refractivity contribution in [1.29, 1.82) is 0 Å². The average molecular weight is 235 g/mol. The van der Waals surface area contributed by atoms with E-state index in [1.54, 1.807) is 4.68 Å². The number of nitrogens with two attached hydrogens (primary N) is 1. The minimum atomic E-state index is -0.223. The Morgan fingerprint density at radius 2 is 2.24 bits per heavy atom. The molecule has 0 spiro atoms. The molecule has 2 aromatic rings. The van der Waals surface area contributed by atoms with Crippen LogP contribution in [0, 0.1) is 0 Å².